The van der Waals surface area contributed by atoms with Gasteiger partial charge in [0.05, 0.1) is 5.69 Å². The Labute approximate surface area is 103 Å². The lowest BCUT2D eigenvalue weighted by Crippen LogP contribution is -2.30. The number of anilines is 3. The van der Waals surface area contributed by atoms with E-state index in [4.69, 9.17) is 11.5 Å². The predicted octanol–water partition coefficient (Wildman–Crippen LogP) is 2.63. The van der Waals surface area contributed by atoms with Crippen molar-refractivity contribution in [3.63, 3.8) is 0 Å². The number of aromatic nitrogens is 1. The molecule has 0 radical (unpaired) electrons. The average Bonchev–Trinajstić information content (AvgIpc) is 2.27. The second kappa shape index (κ2) is 4.43. The summed E-state index contributed by atoms with van der Waals surface area (Å²) in [5.41, 5.74) is 12.4. The second-order valence-corrected chi connectivity index (χ2v) is 5.75. The fraction of sp³-hybridized carbons (Fsp3) is 0.615. The Morgan fingerprint density at radius 1 is 1.24 bits per heavy atom. The molecule has 0 saturated heterocycles. The van der Waals surface area contributed by atoms with Crippen molar-refractivity contribution < 1.29 is 0 Å². The van der Waals surface area contributed by atoms with Gasteiger partial charge in [0, 0.05) is 6.04 Å². The van der Waals surface area contributed by atoms with E-state index in [0.717, 1.165) is 5.82 Å². The van der Waals surface area contributed by atoms with Crippen molar-refractivity contribution in [2.24, 2.45) is 5.41 Å². The van der Waals surface area contributed by atoms with Gasteiger partial charge in [-0.2, -0.15) is 0 Å². The molecule has 0 unspecified atom stereocenters. The van der Waals surface area contributed by atoms with Gasteiger partial charge in [0.15, 0.2) is 0 Å². The lowest BCUT2D eigenvalue weighted by molar-refractivity contribution is 0.232. The highest BCUT2D eigenvalue weighted by atomic mass is 15.0. The van der Waals surface area contributed by atoms with Crippen LogP contribution >= 0.6 is 0 Å². The van der Waals surface area contributed by atoms with Crippen LogP contribution in [0.5, 0.6) is 0 Å². The highest BCUT2D eigenvalue weighted by Crippen LogP contribution is 2.36. The standard InChI is InChI=1S/C13H22N4/c1-13(2)7-5-9(6-8-13)16-11-4-3-10(14)12(15)17-11/h3-4,9H,5-8,14H2,1-2H3,(H3,15,16,17). The van der Waals surface area contributed by atoms with Gasteiger partial charge >= 0.3 is 0 Å². The highest BCUT2D eigenvalue weighted by molar-refractivity contribution is 5.61. The summed E-state index contributed by atoms with van der Waals surface area (Å²) in [6.07, 6.45) is 4.90. The van der Waals surface area contributed by atoms with E-state index in [0.29, 0.717) is 23.0 Å². The van der Waals surface area contributed by atoms with Crippen molar-refractivity contribution in [3.05, 3.63) is 12.1 Å². The first kappa shape index (κ1) is 12.0. The third kappa shape index (κ3) is 3.02. The summed E-state index contributed by atoms with van der Waals surface area (Å²) in [6, 6.07) is 4.21. The van der Waals surface area contributed by atoms with E-state index in [9.17, 15) is 0 Å². The topological polar surface area (TPSA) is 77.0 Å². The minimum absolute atomic E-state index is 0.408. The van der Waals surface area contributed by atoms with Crippen LogP contribution in [0.1, 0.15) is 39.5 Å². The molecule has 0 amide bonds. The number of hydrogen-bond acceptors (Lipinski definition) is 4. The molecule has 4 heteroatoms. The predicted molar refractivity (Wildman–Crippen MR) is 72.7 cm³/mol. The minimum atomic E-state index is 0.408. The zero-order valence-corrected chi connectivity index (χ0v) is 10.7. The molecule has 1 aromatic heterocycles. The van der Waals surface area contributed by atoms with Crippen LogP contribution in [0, 0.1) is 5.41 Å². The minimum Gasteiger partial charge on any atom is -0.396 e. The smallest absolute Gasteiger partial charge is 0.149 e. The average molecular weight is 234 g/mol. The van der Waals surface area contributed by atoms with Crippen LogP contribution in [0.25, 0.3) is 0 Å². The third-order valence-electron chi connectivity index (χ3n) is 3.65. The quantitative estimate of drug-likeness (QED) is 0.735. The maximum absolute atomic E-state index is 5.69. The van der Waals surface area contributed by atoms with Crippen LogP contribution in [0.2, 0.25) is 0 Å². The monoisotopic (exact) mass is 234 g/mol. The highest BCUT2D eigenvalue weighted by Gasteiger charge is 2.26. The maximum atomic E-state index is 5.69. The first-order valence-corrected chi connectivity index (χ1v) is 6.25. The molecule has 1 heterocycles. The molecule has 4 nitrogen and oxygen atoms in total. The molecule has 1 saturated carbocycles. The summed E-state index contributed by atoms with van der Waals surface area (Å²) in [5, 5.41) is 3.44. The Balaban J connectivity index is 1.95. The van der Waals surface area contributed by atoms with Gasteiger partial charge < -0.3 is 16.8 Å². The van der Waals surface area contributed by atoms with E-state index in [2.05, 4.69) is 24.1 Å². The van der Waals surface area contributed by atoms with Crippen molar-refractivity contribution >= 4 is 17.3 Å². The van der Waals surface area contributed by atoms with E-state index >= 15 is 0 Å². The maximum Gasteiger partial charge on any atom is 0.149 e. The summed E-state index contributed by atoms with van der Waals surface area (Å²) < 4.78 is 0. The van der Waals surface area contributed by atoms with Crippen LogP contribution in [0.15, 0.2) is 12.1 Å². The molecule has 0 atom stereocenters. The Bertz CT molecular complexity index is 390. The van der Waals surface area contributed by atoms with Crippen LogP contribution < -0.4 is 16.8 Å². The van der Waals surface area contributed by atoms with Gasteiger partial charge in [-0.1, -0.05) is 13.8 Å². The van der Waals surface area contributed by atoms with Gasteiger partial charge in [0.2, 0.25) is 0 Å². The Morgan fingerprint density at radius 3 is 2.47 bits per heavy atom. The molecule has 1 aliphatic rings. The fourth-order valence-corrected chi connectivity index (χ4v) is 2.32. The van der Waals surface area contributed by atoms with Crippen molar-refractivity contribution in [1.82, 2.24) is 4.98 Å². The molecule has 0 aromatic carbocycles. The van der Waals surface area contributed by atoms with Gasteiger partial charge in [-0.05, 0) is 43.2 Å². The number of pyridine rings is 1. The second-order valence-electron chi connectivity index (χ2n) is 5.75. The first-order valence-electron chi connectivity index (χ1n) is 6.25. The van der Waals surface area contributed by atoms with E-state index in [1.165, 1.54) is 25.7 Å². The number of nitrogens with two attached hydrogens (primary N) is 2. The van der Waals surface area contributed by atoms with E-state index in [1.54, 1.807) is 6.07 Å². The molecule has 2 rings (SSSR count). The molecule has 17 heavy (non-hydrogen) atoms. The lowest BCUT2D eigenvalue weighted by Gasteiger charge is -2.34. The Hall–Kier alpha value is -1.45. The van der Waals surface area contributed by atoms with Crippen molar-refractivity contribution in [3.8, 4) is 0 Å². The lowest BCUT2D eigenvalue weighted by atomic mass is 9.75. The van der Waals surface area contributed by atoms with Gasteiger partial charge in [0.1, 0.15) is 11.6 Å². The van der Waals surface area contributed by atoms with E-state index in [1.807, 2.05) is 6.07 Å². The first-order chi connectivity index (χ1) is 7.96. The summed E-state index contributed by atoms with van der Waals surface area (Å²) >= 11 is 0. The number of nitrogen functional groups attached to an aromatic ring is 2. The molecule has 5 N–H and O–H groups in total. The number of nitrogens with one attached hydrogen (secondary N) is 1. The van der Waals surface area contributed by atoms with Gasteiger partial charge in [-0.3, -0.25) is 0 Å². The number of rotatable bonds is 2. The molecule has 0 aliphatic heterocycles. The zero-order valence-electron chi connectivity index (χ0n) is 10.7. The summed E-state index contributed by atoms with van der Waals surface area (Å²) in [7, 11) is 0. The molecular formula is C13H22N4. The SMILES string of the molecule is CC1(C)CCC(Nc2ccc(N)c(N)n2)CC1. The Kier molecular flexibility index (Phi) is 3.13. The normalized spacial score (nSPS) is 20.1. The van der Waals surface area contributed by atoms with Gasteiger partial charge in [-0.25, -0.2) is 4.98 Å². The number of nitrogens with zero attached hydrogens (tertiary/aromatic N) is 1. The summed E-state index contributed by atoms with van der Waals surface area (Å²) in [6.45, 7) is 4.67. The fourth-order valence-electron chi connectivity index (χ4n) is 2.32. The third-order valence-corrected chi connectivity index (χ3v) is 3.65. The van der Waals surface area contributed by atoms with Crippen molar-refractivity contribution in [1.29, 1.82) is 0 Å². The van der Waals surface area contributed by atoms with Crippen LogP contribution in [0.4, 0.5) is 17.3 Å². The summed E-state index contributed by atoms with van der Waals surface area (Å²) in [5.74, 6) is 1.24. The Morgan fingerprint density at radius 2 is 1.88 bits per heavy atom. The number of hydrogen-bond donors (Lipinski definition) is 3. The van der Waals surface area contributed by atoms with Crippen LogP contribution in [-0.2, 0) is 0 Å². The van der Waals surface area contributed by atoms with Gasteiger partial charge in [-0.15, -0.1) is 0 Å². The van der Waals surface area contributed by atoms with Crippen LogP contribution in [-0.4, -0.2) is 11.0 Å². The zero-order chi connectivity index (χ0) is 12.5. The van der Waals surface area contributed by atoms with Crippen LogP contribution in [0.3, 0.4) is 0 Å². The molecule has 0 spiro atoms. The molecular weight excluding hydrogens is 212 g/mol. The van der Waals surface area contributed by atoms with E-state index in [-0.39, 0.29) is 0 Å². The van der Waals surface area contributed by atoms with Crippen molar-refractivity contribution in [2.75, 3.05) is 16.8 Å². The largest absolute Gasteiger partial charge is 0.396 e. The summed E-state index contributed by atoms with van der Waals surface area (Å²) in [4.78, 5) is 4.24. The molecule has 1 aliphatic carbocycles. The molecule has 94 valence electrons. The molecule has 0 bridgehead atoms. The molecule has 1 aromatic rings. The van der Waals surface area contributed by atoms with Crippen molar-refractivity contribution in [2.45, 2.75) is 45.6 Å². The molecule has 1 fully saturated rings. The van der Waals surface area contributed by atoms with Gasteiger partial charge in [0.25, 0.3) is 0 Å². The van der Waals surface area contributed by atoms with E-state index < -0.39 is 0 Å².